The van der Waals surface area contributed by atoms with Crippen LogP contribution in [0.2, 0.25) is 0 Å². The molecule has 0 unspecified atom stereocenters. The topological polar surface area (TPSA) is 33.7 Å². The number of hydrogen-bond donors (Lipinski definition) is 1. The van der Waals surface area contributed by atoms with Crippen molar-refractivity contribution >= 4 is 5.69 Å². The summed E-state index contributed by atoms with van der Waals surface area (Å²) in [6.07, 6.45) is 0. The fourth-order valence-corrected chi connectivity index (χ4v) is 1.94. The highest BCUT2D eigenvalue weighted by Crippen LogP contribution is 2.20. The van der Waals surface area contributed by atoms with Crippen LogP contribution in [0, 0.1) is 5.82 Å². The number of benzene rings is 1. The molecular weight excluding hydrogens is 259 g/mol. The van der Waals surface area contributed by atoms with E-state index in [2.05, 4.69) is 5.32 Å². The largest absolute Gasteiger partial charge is 0.383 e. The van der Waals surface area contributed by atoms with Crippen LogP contribution in [0.15, 0.2) is 18.2 Å². The van der Waals surface area contributed by atoms with Crippen molar-refractivity contribution in [3.8, 4) is 0 Å². The number of hydrogen-bond acceptors (Lipinski definition) is 4. The summed E-state index contributed by atoms with van der Waals surface area (Å²) >= 11 is 0. The van der Waals surface area contributed by atoms with Crippen molar-refractivity contribution in [2.45, 2.75) is 13.5 Å². The normalized spacial score (nSPS) is 10.8. The number of anilines is 1. The molecule has 1 rings (SSSR count). The summed E-state index contributed by atoms with van der Waals surface area (Å²) in [5.74, 6) is -0.201. The molecule has 1 aromatic carbocycles. The second-order valence-corrected chi connectivity index (χ2v) is 4.54. The first-order valence-corrected chi connectivity index (χ1v) is 6.94. The standard InChI is InChI=1S/C15H25FN2O2/c1-4-17-12-13-5-6-15(14(16)11-13)18(7-9-19-2)8-10-20-3/h5-6,11,17H,4,7-10,12H2,1-3H3. The van der Waals surface area contributed by atoms with E-state index in [9.17, 15) is 4.39 Å². The van der Waals surface area contributed by atoms with E-state index in [0.29, 0.717) is 38.5 Å². The van der Waals surface area contributed by atoms with Gasteiger partial charge in [0.1, 0.15) is 5.82 Å². The van der Waals surface area contributed by atoms with Crippen LogP contribution in [0.4, 0.5) is 10.1 Å². The monoisotopic (exact) mass is 284 g/mol. The molecule has 1 N–H and O–H groups in total. The number of methoxy groups -OCH3 is 2. The number of halogens is 1. The van der Waals surface area contributed by atoms with Gasteiger partial charge in [-0.1, -0.05) is 13.0 Å². The first-order valence-electron chi connectivity index (χ1n) is 6.94. The Morgan fingerprint density at radius 1 is 1.15 bits per heavy atom. The molecule has 0 amide bonds. The third-order valence-corrected chi connectivity index (χ3v) is 3.06. The van der Waals surface area contributed by atoms with Crippen LogP contribution in [0.5, 0.6) is 0 Å². The lowest BCUT2D eigenvalue weighted by molar-refractivity contribution is 0.190. The molecule has 0 aliphatic heterocycles. The van der Waals surface area contributed by atoms with Gasteiger partial charge in [0.25, 0.3) is 0 Å². The minimum atomic E-state index is -0.201. The highest BCUT2D eigenvalue weighted by atomic mass is 19.1. The van der Waals surface area contributed by atoms with Gasteiger partial charge in [0.05, 0.1) is 18.9 Å². The highest BCUT2D eigenvalue weighted by Gasteiger charge is 2.12. The molecule has 0 saturated heterocycles. The van der Waals surface area contributed by atoms with E-state index in [4.69, 9.17) is 9.47 Å². The molecule has 0 fully saturated rings. The van der Waals surface area contributed by atoms with Crippen LogP contribution >= 0.6 is 0 Å². The molecule has 0 saturated carbocycles. The van der Waals surface area contributed by atoms with Crippen LogP contribution in [0.1, 0.15) is 12.5 Å². The lowest BCUT2D eigenvalue weighted by Gasteiger charge is -2.25. The zero-order chi connectivity index (χ0) is 14.8. The predicted molar refractivity (Wildman–Crippen MR) is 79.7 cm³/mol. The van der Waals surface area contributed by atoms with Gasteiger partial charge in [-0.05, 0) is 24.2 Å². The summed E-state index contributed by atoms with van der Waals surface area (Å²) in [5.41, 5.74) is 1.55. The average Bonchev–Trinajstić information content (AvgIpc) is 2.46. The Morgan fingerprint density at radius 3 is 2.30 bits per heavy atom. The SMILES string of the molecule is CCNCc1ccc(N(CCOC)CCOC)c(F)c1. The molecule has 0 atom stereocenters. The van der Waals surface area contributed by atoms with Crippen molar-refractivity contribution in [2.24, 2.45) is 0 Å². The van der Waals surface area contributed by atoms with Crippen LogP contribution in [0.25, 0.3) is 0 Å². The van der Waals surface area contributed by atoms with Gasteiger partial charge in [-0.15, -0.1) is 0 Å². The first kappa shape index (κ1) is 16.9. The Labute approximate surface area is 120 Å². The average molecular weight is 284 g/mol. The maximum Gasteiger partial charge on any atom is 0.146 e. The van der Waals surface area contributed by atoms with Crippen molar-refractivity contribution < 1.29 is 13.9 Å². The predicted octanol–water partition coefficient (Wildman–Crippen LogP) is 2.03. The van der Waals surface area contributed by atoms with E-state index in [-0.39, 0.29) is 5.82 Å². The Morgan fingerprint density at radius 2 is 1.80 bits per heavy atom. The molecule has 0 heterocycles. The minimum Gasteiger partial charge on any atom is -0.383 e. The maximum absolute atomic E-state index is 14.2. The van der Waals surface area contributed by atoms with E-state index in [1.54, 1.807) is 20.3 Å². The zero-order valence-electron chi connectivity index (χ0n) is 12.6. The van der Waals surface area contributed by atoms with Crippen molar-refractivity contribution in [1.82, 2.24) is 5.32 Å². The third kappa shape index (κ3) is 5.45. The van der Waals surface area contributed by atoms with Crippen LogP contribution in [0.3, 0.4) is 0 Å². The molecule has 0 spiro atoms. The quantitative estimate of drug-likeness (QED) is 0.713. The summed E-state index contributed by atoms with van der Waals surface area (Å²) in [7, 11) is 3.29. The fourth-order valence-electron chi connectivity index (χ4n) is 1.94. The molecule has 0 aliphatic carbocycles. The van der Waals surface area contributed by atoms with E-state index in [0.717, 1.165) is 12.1 Å². The van der Waals surface area contributed by atoms with E-state index in [1.165, 1.54) is 0 Å². The maximum atomic E-state index is 14.2. The summed E-state index contributed by atoms with van der Waals surface area (Å²) in [6.45, 7) is 5.99. The van der Waals surface area contributed by atoms with Gasteiger partial charge in [-0.3, -0.25) is 0 Å². The zero-order valence-corrected chi connectivity index (χ0v) is 12.6. The Hall–Kier alpha value is -1.17. The van der Waals surface area contributed by atoms with E-state index < -0.39 is 0 Å². The molecule has 5 heteroatoms. The fraction of sp³-hybridized carbons (Fsp3) is 0.600. The van der Waals surface area contributed by atoms with Crippen molar-refractivity contribution in [1.29, 1.82) is 0 Å². The van der Waals surface area contributed by atoms with Crippen LogP contribution in [-0.4, -0.2) is 47.1 Å². The molecule has 0 aromatic heterocycles. The molecule has 20 heavy (non-hydrogen) atoms. The van der Waals surface area contributed by atoms with E-state index in [1.807, 2.05) is 24.0 Å². The molecule has 1 aromatic rings. The van der Waals surface area contributed by atoms with Gasteiger partial charge in [0, 0.05) is 33.9 Å². The molecule has 4 nitrogen and oxygen atoms in total. The molecular formula is C15H25FN2O2. The number of ether oxygens (including phenoxy) is 2. The third-order valence-electron chi connectivity index (χ3n) is 3.06. The van der Waals surface area contributed by atoms with Gasteiger partial charge in [-0.25, -0.2) is 4.39 Å². The highest BCUT2D eigenvalue weighted by molar-refractivity contribution is 5.49. The van der Waals surface area contributed by atoms with Gasteiger partial charge in [0.2, 0.25) is 0 Å². The van der Waals surface area contributed by atoms with Crippen LogP contribution in [-0.2, 0) is 16.0 Å². The lowest BCUT2D eigenvalue weighted by atomic mass is 10.1. The second-order valence-electron chi connectivity index (χ2n) is 4.54. The second kappa shape index (κ2) is 9.69. The molecule has 0 bridgehead atoms. The molecule has 0 aliphatic rings. The Kier molecular flexibility index (Phi) is 8.18. The number of rotatable bonds is 10. The lowest BCUT2D eigenvalue weighted by Crippen LogP contribution is -2.31. The van der Waals surface area contributed by atoms with Crippen LogP contribution < -0.4 is 10.2 Å². The number of nitrogens with one attached hydrogen (secondary N) is 1. The summed E-state index contributed by atoms with van der Waals surface area (Å²) in [4.78, 5) is 1.94. The smallest absolute Gasteiger partial charge is 0.146 e. The van der Waals surface area contributed by atoms with Crippen molar-refractivity contribution in [2.75, 3.05) is 52.0 Å². The summed E-state index contributed by atoms with van der Waals surface area (Å²) in [6, 6.07) is 5.37. The Balaban J connectivity index is 2.78. The van der Waals surface area contributed by atoms with Crippen molar-refractivity contribution in [3.63, 3.8) is 0 Å². The first-order chi connectivity index (χ1) is 9.72. The minimum absolute atomic E-state index is 0.201. The molecule has 114 valence electrons. The summed E-state index contributed by atoms with van der Waals surface area (Å²) < 4.78 is 24.4. The number of nitrogens with zero attached hydrogens (tertiary/aromatic N) is 1. The van der Waals surface area contributed by atoms with Gasteiger partial charge >= 0.3 is 0 Å². The Bertz CT molecular complexity index is 380. The van der Waals surface area contributed by atoms with Gasteiger partial charge < -0.3 is 19.7 Å². The van der Waals surface area contributed by atoms with Crippen molar-refractivity contribution in [3.05, 3.63) is 29.6 Å². The van der Waals surface area contributed by atoms with E-state index >= 15 is 0 Å². The van der Waals surface area contributed by atoms with Gasteiger partial charge in [0.15, 0.2) is 0 Å². The van der Waals surface area contributed by atoms with Gasteiger partial charge in [-0.2, -0.15) is 0 Å². The molecule has 0 radical (unpaired) electrons. The summed E-state index contributed by atoms with van der Waals surface area (Å²) in [5, 5.41) is 3.19.